The number of hydrogen-bond acceptors (Lipinski definition) is 2. The molecule has 2 nitrogen and oxygen atoms in total. The fourth-order valence-electron chi connectivity index (χ4n) is 2.39. The van der Waals surface area contributed by atoms with Crippen molar-refractivity contribution in [1.82, 2.24) is 4.90 Å². The topological polar surface area (TPSA) is 23.5 Å². The average Bonchev–Trinajstić information content (AvgIpc) is 2.83. The van der Waals surface area contributed by atoms with Gasteiger partial charge in [-0.1, -0.05) is 13.8 Å². The Morgan fingerprint density at radius 1 is 1.46 bits per heavy atom. The maximum atomic E-state index is 9.77. The summed E-state index contributed by atoms with van der Waals surface area (Å²) in [6.45, 7) is 6.31. The largest absolute Gasteiger partial charge is 0.392 e. The molecule has 0 radical (unpaired) electrons. The molecule has 1 heterocycles. The lowest BCUT2D eigenvalue weighted by atomic mass is 10.1. The van der Waals surface area contributed by atoms with Crippen molar-refractivity contribution in [2.24, 2.45) is 11.8 Å². The van der Waals surface area contributed by atoms with Gasteiger partial charge in [-0.3, -0.25) is 4.90 Å². The molecule has 0 spiro atoms. The van der Waals surface area contributed by atoms with Crippen molar-refractivity contribution in [3.63, 3.8) is 0 Å². The highest BCUT2D eigenvalue weighted by Gasteiger charge is 2.44. The highest BCUT2D eigenvalue weighted by atomic mass is 16.3. The Morgan fingerprint density at radius 2 is 2.23 bits per heavy atom. The molecule has 2 rings (SSSR count). The Labute approximate surface area is 80.9 Å². The van der Waals surface area contributed by atoms with Crippen LogP contribution in [0.4, 0.5) is 0 Å². The minimum Gasteiger partial charge on any atom is -0.392 e. The molecule has 76 valence electrons. The maximum absolute atomic E-state index is 9.77. The van der Waals surface area contributed by atoms with E-state index in [0.29, 0.717) is 5.92 Å². The van der Waals surface area contributed by atoms with Gasteiger partial charge in [0.15, 0.2) is 0 Å². The van der Waals surface area contributed by atoms with Crippen molar-refractivity contribution in [2.75, 3.05) is 13.1 Å². The van der Waals surface area contributed by atoms with Crippen molar-refractivity contribution >= 4 is 0 Å². The molecule has 13 heavy (non-hydrogen) atoms. The SMILES string of the molecule is CC(C)C(O)CN1CCCC2CC21. The number of likely N-dealkylation sites (tertiary alicyclic amines) is 1. The quantitative estimate of drug-likeness (QED) is 0.716. The number of nitrogens with zero attached hydrogens (tertiary/aromatic N) is 1. The van der Waals surface area contributed by atoms with Gasteiger partial charge < -0.3 is 5.11 Å². The van der Waals surface area contributed by atoms with E-state index in [1.807, 2.05) is 0 Å². The third-order valence-corrected chi connectivity index (χ3v) is 3.57. The standard InChI is InChI=1S/C11H21NO/c1-8(2)11(13)7-12-5-3-4-9-6-10(9)12/h8-11,13H,3-7H2,1-2H3. The molecule has 1 saturated heterocycles. The van der Waals surface area contributed by atoms with Gasteiger partial charge in [0.05, 0.1) is 6.10 Å². The van der Waals surface area contributed by atoms with Gasteiger partial charge in [-0.25, -0.2) is 0 Å². The third kappa shape index (κ3) is 2.05. The Bertz CT molecular complexity index is 181. The number of hydrogen-bond donors (Lipinski definition) is 1. The minimum absolute atomic E-state index is 0.126. The molecule has 1 N–H and O–H groups in total. The van der Waals surface area contributed by atoms with Crippen molar-refractivity contribution in [3.8, 4) is 0 Å². The van der Waals surface area contributed by atoms with E-state index in [0.717, 1.165) is 18.5 Å². The molecule has 3 unspecified atom stereocenters. The first kappa shape index (κ1) is 9.47. The molecule has 3 atom stereocenters. The van der Waals surface area contributed by atoms with E-state index in [1.165, 1.54) is 25.8 Å². The summed E-state index contributed by atoms with van der Waals surface area (Å²) in [6, 6.07) is 0.835. The van der Waals surface area contributed by atoms with E-state index in [1.54, 1.807) is 0 Å². The van der Waals surface area contributed by atoms with Crippen LogP contribution in [0.15, 0.2) is 0 Å². The van der Waals surface area contributed by atoms with E-state index in [9.17, 15) is 5.11 Å². The number of rotatable bonds is 3. The summed E-state index contributed by atoms with van der Waals surface area (Å²) in [5.74, 6) is 1.38. The molecule has 2 aliphatic rings. The van der Waals surface area contributed by atoms with Crippen LogP contribution in [-0.2, 0) is 0 Å². The molecule has 2 fully saturated rings. The summed E-state index contributed by atoms with van der Waals surface area (Å²) in [5, 5.41) is 9.77. The number of fused-ring (bicyclic) bond motifs is 1. The van der Waals surface area contributed by atoms with Crippen LogP contribution < -0.4 is 0 Å². The molecule has 0 aromatic carbocycles. The fraction of sp³-hybridized carbons (Fsp3) is 1.00. The van der Waals surface area contributed by atoms with Crippen LogP contribution >= 0.6 is 0 Å². The molecule has 2 heteroatoms. The minimum atomic E-state index is -0.126. The molecule has 1 aliphatic carbocycles. The van der Waals surface area contributed by atoms with Crippen molar-refractivity contribution in [2.45, 2.75) is 45.3 Å². The van der Waals surface area contributed by atoms with Crippen molar-refractivity contribution in [1.29, 1.82) is 0 Å². The predicted molar refractivity (Wildman–Crippen MR) is 53.5 cm³/mol. The van der Waals surface area contributed by atoms with E-state index in [-0.39, 0.29) is 6.10 Å². The monoisotopic (exact) mass is 183 g/mol. The molecule has 0 amide bonds. The normalized spacial score (nSPS) is 36.0. The van der Waals surface area contributed by atoms with Crippen LogP contribution in [0.1, 0.15) is 33.1 Å². The summed E-state index contributed by atoms with van der Waals surface area (Å²) >= 11 is 0. The third-order valence-electron chi connectivity index (χ3n) is 3.57. The number of aliphatic hydroxyl groups is 1. The summed E-state index contributed by atoms with van der Waals surface area (Å²) in [6.07, 6.45) is 4.04. The lowest BCUT2D eigenvalue weighted by molar-refractivity contribution is 0.0639. The van der Waals surface area contributed by atoms with Gasteiger partial charge in [0, 0.05) is 12.6 Å². The summed E-state index contributed by atoms with van der Waals surface area (Å²) in [7, 11) is 0. The van der Waals surface area contributed by atoms with Gasteiger partial charge >= 0.3 is 0 Å². The van der Waals surface area contributed by atoms with Gasteiger partial charge in [-0.05, 0) is 37.6 Å². The number of piperidine rings is 1. The molecule has 1 saturated carbocycles. The average molecular weight is 183 g/mol. The zero-order valence-electron chi connectivity index (χ0n) is 8.74. The number of β-amino-alcohol motifs (C(OH)–C–C–N with tert-alkyl or cyclic N) is 1. The first-order valence-corrected chi connectivity index (χ1v) is 5.60. The predicted octanol–water partition coefficient (Wildman–Crippen LogP) is 1.49. The lowest BCUT2D eigenvalue weighted by Gasteiger charge is -2.29. The van der Waals surface area contributed by atoms with E-state index in [2.05, 4.69) is 18.7 Å². The summed E-state index contributed by atoms with van der Waals surface area (Å²) < 4.78 is 0. The Kier molecular flexibility index (Phi) is 2.61. The second-order valence-corrected chi connectivity index (χ2v) is 5.01. The van der Waals surface area contributed by atoms with E-state index in [4.69, 9.17) is 0 Å². The molecule has 1 aliphatic heterocycles. The first-order chi connectivity index (χ1) is 6.18. The molecular formula is C11H21NO. The maximum Gasteiger partial charge on any atom is 0.0690 e. The van der Waals surface area contributed by atoms with Gasteiger partial charge in [0.25, 0.3) is 0 Å². The zero-order valence-corrected chi connectivity index (χ0v) is 8.74. The van der Waals surface area contributed by atoms with Crippen LogP contribution in [0.3, 0.4) is 0 Å². The van der Waals surface area contributed by atoms with Crippen LogP contribution in [-0.4, -0.2) is 35.2 Å². The number of aliphatic hydroxyl groups excluding tert-OH is 1. The fourth-order valence-corrected chi connectivity index (χ4v) is 2.39. The van der Waals surface area contributed by atoms with Crippen LogP contribution in [0.25, 0.3) is 0 Å². The summed E-state index contributed by atoms with van der Waals surface area (Å²) in [5.41, 5.74) is 0. The van der Waals surface area contributed by atoms with Crippen LogP contribution in [0.5, 0.6) is 0 Å². The highest BCUT2D eigenvalue weighted by molar-refractivity contribution is 4.98. The molecule has 0 bridgehead atoms. The van der Waals surface area contributed by atoms with Crippen molar-refractivity contribution < 1.29 is 5.11 Å². The van der Waals surface area contributed by atoms with Gasteiger partial charge in [0.1, 0.15) is 0 Å². The molecule has 0 aromatic heterocycles. The van der Waals surface area contributed by atoms with Gasteiger partial charge in [-0.2, -0.15) is 0 Å². The Morgan fingerprint density at radius 3 is 2.92 bits per heavy atom. The second-order valence-electron chi connectivity index (χ2n) is 5.01. The van der Waals surface area contributed by atoms with Crippen LogP contribution in [0, 0.1) is 11.8 Å². The lowest BCUT2D eigenvalue weighted by Crippen LogP contribution is -2.39. The summed E-state index contributed by atoms with van der Waals surface area (Å²) in [4.78, 5) is 2.50. The Balaban J connectivity index is 1.80. The van der Waals surface area contributed by atoms with Crippen molar-refractivity contribution in [3.05, 3.63) is 0 Å². The van der Waals surface area contributed by atoms with Gasteiger partial charge in [0.2, 0.25) is 0 Å². The molecular weight excluding hydrogens is 162 g/mol. The van der Waals surface area contributed by atoms with Crippen LogP contribution in [0.2, 0.25) is 0 Å². The smallest absolute Gasteiger partial charge is 0.0690 e. The van der Waals surface area contributed by atoms with E-state index < -0.39 is 0 Å². The second kappa shape index (κ2) is 3.58. The first-order valence-electron chi connectivity index (χ1n) is 5.60. The van der Waals surface area contributed by atoms with E-state index >= 15 is 0 Å². The molecule has 0 aromatic rings. The Hall–Kier alpha value is -0.0800. The zero-order chi connectivity index (χ0) is 9.42. The van der Waals surface area contributed by atoms with Gasteiger partial charge in [-0.15, -0.1) is 0 Å². The highest BCUT2D eigenvalue weighted by Crippen LogP contribution is 2.42.